The summed E-state index contributed by atoms with van der Waals surface area (Å²) >= 11 is 1.74. The zero-order valence-electron chi connectivity index (χ0n) is 12.0. The van der Waals surface area contributed by atoms with Gasteiger partial charge in [-0.25, -0.2) is 0 Å². The summed E-state index contributed by atoms with van der Waals surface area (Å²) in [7, 11) is 1.73. The van der Waals surface area contributed by atoms with Crippen LogP contribution in [0.5, 0.6) is 0 Å². The molecule has 0 aliphatic rings. The second kappa shape index (κ2) is 9.11. The Morgan fingerprint density at radius 3 is 2.89 bits per heavy atom. The predicted octanol–water partition coefficient (Wildman–Crippen LogP) is 2.34. The molecule has 1 heterocycles. The molecule has 106 valence electrons. The fourth-order valence-corrected chi connectivity index (χ4v) is 2.56. The number of rotatable bonds is 7. The van der Waals surface area contributed by atoms with Crippen LogP contribution in [-0.2, 0) is 11.3 Å². The van der Waals surface area contributed by atoms with E-state index in [1.165, 1.54) is 4.88 Å². The van der Waals surface area contributed by atoms with Crippen LogP contribution in [0, 0.1) is 11.8 Å². The molecule has 1 rings (SSSR count). The SMILES string of the molecule is COCCN(Cc1sccc1C#CCCO)C(C)C. The fraction of sp³-hybridized carbons (Fsp3) is 0.600. The Morgan fingerprint density at radius 1 is 1.47 bits per heavy atom. The summed E-state index contributed by atoms with van der Waals surface area (Å²) in [6.07, 6.45) is 0.535. The van der Waals surface area contributed by atoms with E-state index in [2.05, 4.69) is 42.0 Å². The van der Waals surface area contributed by atoms with Crippen molar-refractivity contribution in [2.45, 2.75) is 32.9 Å². The minimum absolute atomic E-state index is 0.123. The Morgan fingerprint density at radius 2 is 2.26 bits per heavy atom. The van der Waals surface area contributed by atoms with Gasteiger partial charge in [0.25, 0.3) is 0 Å². The highest BCUT2D eigenvalue weighted by Crippen LogP contribution is 2.19. The molecule has 0 fully saturated rings. The highest BCUT2D eigenvalue weighted by atomic mass is 32.1. The first-order chi connectivity index (χ1) is 9.19. The van der Waals surface area contributed by atoms with E-state index in [1.807, 2.05) is 0 Å². The highest BCUT2D eigenvalue weighted by molar-refractivity contribution is 7.10. The second-order valence-electron chi connectivity index (χ2n) is 4.59. The van der Waals surface area contributed by atoms with E-state index >= 15 is 0 Å². The van der Waals surface area contributed by atoms with Crippen LogP contribution < -0.4 is 0 Å². The van der Waals surface area contributed by atoms with Gasteiger partial charge in [-0.15, -0.1) is 11.3 Å². The molecule has 0 spiro atoms. The molecule has 0 radical (unpaired) electrons. The number of nitrogens with zero attached hydrogens (tertiary/aromatic N) is 1. The van der Waals surface area contributed by atoms with Gasteiger partial charge < -0.3 is 9.84 Å². The number of hydrogen-bond donors (Lipinski definition) is 1. The minimum Gasteiger partial charge on any atom is -0.395 e. The molecule has 0 saturated carbocycles. The van der Waals surface area contributed by atoms with Crippen LogP contribution in [0.2, 0.25) is 0 Å². The van der Waals surface area contributed by atoms with E-state index < -0.39 is 0 Å². The van der Waals surface area contributed by atoms with Crippen molar-refractivity contribution in [3.63, 3.8) is 0 Å². The van der Waals surface area contributed by atoms with E-state index in [0.29, 0.717) is 12.5 Å². The summed E-state index contributed by atoms with van der Waals surface area (Å²) < 4.78 is 5.16. The van der Waals surface area contributed by atoms with Crippen LogP contribution in [-0.4, -0.2) is 42.9 Å². The molecule has 1 aromatic heterocycles. The number of aliphatic hydroxyl groups excluding tert-OH is 1. The van der Waals surface area contributed by atoms with E-state index in [9.17, 15) is 0 Å². The van der Waals surface area contributed by atoms with Gasteiger partial charge in [0.05, 0.1) is 13.2 Å². The Hall–Kier alpha value is -0.860. The van der Waals surface area contributed by atoms with Gasteiger partial charge in [0.1, 0.15) is 0 Å². The van der Waals surface area contributed by atoms with Crippen LogP contribution in [0.1, 0.15) is 30.7 Å². The maximum Gasteiger partial charge on any atom is 0.0589 e. The Kier molecular flexibility index (Phi) is 7.76. The van der Waals surface area contributed by atoms with Crippen LogP contribution in [0.4, 0.5) is 0 Å². The summed E-state index contributed by atoms with van der Waals surface area (Å²) in [5, 5.41) is 10.8. The van der Waals surface area contributed by atoms with Gasteiger partial charge >= 0.3 is 0 Å². The Labute approximate surface area is 120 Å². The van der Waals surface area contributed by atoms with Gasteiger partial charge in [0.15, 0.2) is 0 Å². The van der Waals surface area contributed by atoms with Crippen molar-refractivity contribution in [2.75, 3.05) is 26.9 Å². The van der Waals surface area contributed by atoms with Gasteiger partial charge in [-0.3, -0.25) is 4.90 Å². The van der Waals surface area contributed by atoms with Crippen molar-refractivity contribution >= 4 is 11.3 Å². The topological polar surface area (TPSA) is 32.7 Å². The summed E-state index contributed by atoms with van der Waals surface area (Å²) in [6.45, 7) is 7.09. The number of methoxy groups -OCH3 is 1. The molecule has 0 aliphatic heterocycles. The van der Waals surface area contributed by atoms with Gasteiger partial charge in [0, 0.05) is 43.1 Å². The standard InChI is InChI=1S/C15H23NO2S/c1-13(2)16(8-10-18-3)12-15-14(7-11-19-15)6-4-5-9-17/h7,11,13,17H,5,8-10,12H2,1-3H3. The van der Waals surface area contributed by atoms with Crippen molar-refractivity contribution in [1.29, 1.82) is 0 Å². The lowest BCUT2D eigenvalue weighted by molar-refractivity contribution is 0.125. The molecule has 0 unspecified atom stereocenters. The quantitative estimate of drug-likeness (QED) is 0.779. The Balaban J connectivity index is 2.69. The van der Waals surface area contributed by atoms with Gasteiger partial charge in [0.2, 0.25) is 0 Å². The average Bonchev–Trinajstić information content (AvgIpc) is 2.82. The number of aliphatic hydroxyl groups is 1. The fourth-order valence-electron chi connectivity index (χ4n) is 1.70. The number of ether oxygens (including phenoxy) is 1. The predicted molar refractivity (Wildman–Crippen MR) is 80.3 cm³/mol. The molecular formula is C15H23NO2S. The second-order valence-corrected chi connectivity index (χ2v) is 5.59. The zero-order chi connectivity index (χ0) is 14.1. The van der Waals surface area contributed by atoms with E-state index in [-0.39, 0.29) is 6.61 Å². The van der Waals surface area contributed by atoms with Crippen molar-refractivity contribution in [3.8, 4) is 11.8 Å². The lowest BCUT2D eigenvalue weighted by atomic mass is 10.2. The monoisotopic (exact) mass is 281 g/mol. The average molecular weight is 281 g/mol. The lowest BCUT2D eigenvalue weighted by Crippen LogP contribution is -2.33. The number of thiophene rings is 1. The molecular weight excluding hydrogens is 258 g/mol. The van der Waals surface area contributed by atoms with Crippen molar-refractivity contribution < 1.29 is 9.84 Å². The third kappa shape index (κ3) is 5.75. The van der Waals surface area contributed by atoms with Crippen LogP contribution in [0.15, 0.2) is 11.4 Å². The third-order valence-corrected chi connectivity index (χ3v) is 3.77. The molecule has 0 aromatic carbocycles. The molecule has 0 aliphatic carbocycles. The first-order valence-corrected chi connectivity index (χ1v) is 7.46. The molecule has 1 N–H and O–H groups in total. The van der Waals surface area contributed by atoms with Gasteiger partial charge in [-0.1, -0.05) is 11.8 Å². The maximum atomic E-state index is 8.76. The molecule has 1 aromatic rings. The van der Waals surface area contributed by atoms with Crippen LogP contribution in [0.25, 0.3) is 0 Å². The van der Waals surface area contributed by atoms with E-state index in [4.69, 9.17) is 9.84 Å². The first kappa shape index (κ1) is 16.2. The molecule has 19 heavy (non-hydrogen) atoms. The third-order valence-electron chi connectivity index (χ3n) is 2.86. The van der Waals surface area contributed by atoms with Crippen LogP contribution >= 0.6 is 11.3 Å². The smallest absolute Gasteiger partial charge is 0.0589 e. The van der Waals surface area contributed by atoms with Crippen molar-refractivity contribution in [2.24, 2.45) is 0 Å². The minimum atomic E-state index is 0.123. The highest BCUT2D eigenvalue weighted by Gasteiger charge is 2.12. The van der Waals surface area contributed by atoms with Gasteiger partial charge in [-0.05, 0) is 25.3 Å². The molecule has 0 amide bonds. The lowest BCUT2D eigenvalue weighted by Gasteiger charge is -2.25. The molecule has 0 saturated heterocycles. The summed E-state index contributed by atoms with van der Waals surface area (Å²) in [5.74, 6) is 6.12. The number of hydrogen-bond acceptors (Lipinski definition) is 4. The van der Waals surface area contributed by atoms with Crippen molar-refractivity contribution in [1.82, 2.24) is 4.90 Å². The normalized spacial score (nSPS) is 10.8. The largest absolute Gasteiger partial charge is 0.395 e. The summed E-state index contributed by atoms with van der Waals surface area (Å²) in [5.41, 5.74) is 1.08. The molecule has 4 heteroatoms. The molecule has 0 atom stereocenters. The Bertz CT molecular complexity index is 417. The van der Waals surface area contributed by atoms with E-state index in [0.717, 1.165) is 25.3 Å². The summed E-state index contributed by atoms with van der Waals surface area (Å²) in [6, 6.07) is 2.54. The summed E-state index contributed by atoms with van der Waals surface area (Å²) in [4.78, 5) is 3.67. The van der Waals surface area contributed by atoms with Gasteiger partial charge in [-0.2, -0.15) is 0 Å². The van der Waals surface area contributed by atoms with Crippen LogP contribution in [0.3, 0.4) is 0 Å². The first-order valence-electron chi connectivity index (χ1n) is 6.58. The molecule has 3 nitrogen and oxygen atoms in total. The molecule has 0 bridgehead atoms. The van der Waals surface area contributed by atoms with Crippen molar-refractivity contribution in [3.05, 3.63) is 21.9 Å². The van der Waals surface area contributed by atoms with E-state index in [1.54, 1.807) is 18.4 Å². The maximum absolute atomic E-state index is 8.76. The zero-order valence-corrected chi connectivity index (χ0v) is 12.8.